The summed E-state index contributed by atoms with van der Waals surface area (Å²) >= 11 is 3.56. The summed E-state index contributed by atoms with van der Waals surface area (Å²) in [4.78, 5) is 22.8. The van der Waals surface area contributed by atoms with E-state index in [1.165, 1.54) is 3.97 Å². The lowest BCUT2D eigenvalue weighted by Gasteiger charge is -2.28. The molecule has 1 saturated heterocycles. The minimum absolute atomic E-state index is 0.168. The van der Waals surface area contributed by atoms with E-state index in [2.05, 4.69) is 25.8 Å². The number of rotatable bonds is 8. The molecule has 1 fully saturated rings. The number of anilines is 1. The fraction of sp³-hybridized carbons (Fsp3) is 0.273. The van der Waals surface area contributed by atoms with Crippen LogP contribution in [-0.2, 0) is 14.8 Å². The first-order valence-electron chi connectivity index (χ1n) is 14.4. The average Bonchev–Trinajstić information content (AvgIpc) is 3.40. The lowest BCUT2D eigenvalue weighted by atomic mass is 10.0. The van der Waals surface area contributed by atoms with Crippen molar-refractivity contribution in [2.45, 2.75) is 17.9 Å². The number of hydrogen-bond donors (Lipinski definition) is 0. The average molecular weight is 677 g/mol. The number of pyridine rings is 2. The number of halogens is 1. The SMILES string of the molecule is Cc1ccc(S(=O)(=O)n2cc(-c3ccn(C(CN(C)C)c4cccc(Br)c4)c(=O)c3)c3cc(N4CCOCC4)cnc32)cc1. The molecule has 4 heterocycles. The first-order chi connectivity index (χ1) is 21.1. The zero-order valence-corrected chi connectivity index (χ0v) is 27.3. The minimum atomic E-state index is -3.97. The third kappa shape index (κ3) is 5.97. The zero-order valence-electron chi connectivity index (χ0n) is 24.9. The van der Waals surface area contributed by atoms with E-state index >= 15 is 0 Å². The number of aryl methyl sites for hydroxylation is 1. The van der Waals surface area contributed by atoms with Crippen LogP contribution in [0.15, 0.2) is 99.5 Å². The first-order valence-corrected chi connectivity index (χ1v) is 16.6. The highest BCUT2D eigenvalue weighted by molar-refractivity contribution is 9.10. The third-order valence-electron chi connectivity index (χ3n) is 7.92. The highest BCUT2D eigenvalue weighted by atomic mass is 79.9. The van der Waals surface area contributed by atoms with E-state index in [9.17, 15) is 13.2 Å². The molecule has 0 amide bonds. The molecule has 0 spiro atoms. The van der Waals surface area contributed by atoms with Gasteiger partial charge in [0, 0.05) is 53.5 Å². The van der Waals surface area contributed by atoms with E-state index in [0.717, 1.165) is 21.3 Å². The Morgan fingerprint density at radius 1 is 1.02 bits per heavy atom. The van der Waals surface area contributed by atoms with Gasteiger partial charge >= 0.3 is 0 Å². The fourth-order valence-electron chi connectivity index (χ4n) is 5.63. The van der Waals surface area contributed by atoms with Crippen molar-refractivity contribution in [1.29, 1.82) is 0 Å². The van der Waals surface area contributed by atoms with E-state index in [-0.39, 0.29) is 16.5 Å². The Kier molecular flexibility index (Phi) is 8.47. The Morgan fingerprint density at radius 2 is 1.77 bits per heavy atom. The summed E-state index contributed by atoms with van der Waals surface area (Å²) < 4.78 is 37.2. The van der Waals surface area contributed by atoms with E-state index in [1.807, 2.05) is 62.3 Å². The number of fused-ring (bicyclic) bond motifs is 1. The molecule has 0 radical (unpaired) electrons. The highest BCUT2D eigenvalue weighted by Gasteiger charge is 2.25. The summed E-state index contributed by atoms with van der Waals surface area (Å²) in [6.07, 6.45) is 5.09. The van der Waals surface area contributed by atoms with E-state index < -0.39 is 10.0 Å². The maximum Gasteiger partial charge on any atom is 0.269 e. The summed E-state index contributed by atoms with van der Waals surface area (Å²) in [6, 6.07) is 19.9. The number of benzene rings is 2. The molecule has 0 bridgehead atoms. The third-order valence-corrected chi connectivity index (χ3v) is 10.1. The molecule has 44 heavy (non-hydrogen) atoms. The maximum absolute atomic E-state index is 13.9. The van der Waals surface area contributed by atoms with Gasteiger partial charge in [-0.2, -0.15) is 0 Å². The van der Waals surface area contributed by atoms with E-state index in [4.69, 9.17) is 4.74 Å². The molecule has 0 N–H and O–H groups in total. The first kappa shape index (κ1) is 30.3. The smallest absolute Gasteiger partial charge is 0.269 e. The number of likely N-dealkylation sites (N-methyl/N-ethyl adjacent to an activating group) is 1. The van der Waals surface area contributed by atoms with Crippen LogP contribution in [-0.4, -0.2) is 73.8 Å². The van der Waals surface area contributed by atoms with Gasteiger partial charge in [-0.25, -0.2) is 17.4 Å². The van der Waals surface area contributed by atoms with Gasteiger partial charge in [0.05, 0.1) is 36.0 Å². The van der Waals surface area contributed by atoms with E-state index in [0.29, 0.717) is 55.0 Å². The van der Waals surface area contributed by atoms with Crippen molar-refractivity contribution in [3.05, 3.63) is 111 Å². The molecule has 5 aromatic rings. The number of aromatic nitrogens is 3. The molecular formula is C33H34BrN5O4S. The molecule has 228 valence electrons. The van der Waals surface area contributed by atoms with Crippen LogP contribution in [0.1, 0.15) is 17.2 Å². The molecule has 2 aromatic carbocycles. The molecule has 0 saturated carbocycles. The largest absolute Gasteiger partial charge is 0.378 e. The Hall–Kier alpha value is -3.77. The van der Waals surface area contributed by atoms with Crippen LogP contribution in [0.25, 0.3) is 22.2 Å². The standard InChI is InChI=1S/C33H34BrN5O4S/c1-23-7-9-28(10-8-23)44(41,42)39-21-30(29-19-27(20-35-33(29)39)37-13-15-43-16-14-37)24-11-12-38(32(40)18-24)31(22-36(2)3)25-5-4-6-26(34)17-25/h4-12,17-21,31H,13-16,22H2,1-3H3. The van der Waals surface area contributed by atoms with Gasteiger partial charge < -0.3 is 19.1 Å². The highest BCUT2D eigenvalue weighted by Crippen LogP contribution is 2.34. The zero-order chi connectivity index (χ0) is 31.0. The Bertz CT molecular complexity index is 1980. The van der Waals surface area contributed by atoms with Gasteiger partial charge in [-0.05, 0) is 68.5 Å². The van der Waals surface area contributed by atoms with Crippen molar-refractivity contribution in [3.8, 4) is 11.1 Å². The fourth-order valence-corrected chi connectivity index (χ4v) is 7.37. The molecule has 11 heteroatoms. The number of morpholine rings is 1. The van der Waals surface area contributed by atoms with Gasteiger partial charge in [-0.1, -0.05) is 45.8 Å². The molecule has 6 rings (SSSR count). The predicted molar refractivity (Wildman–Crippen MR) is 177 cm³/mol. The maximum atomic E-state index is 13.9. The normalized spacial score (nSPS) is 14.8. The monoisotopic (exact) mass is 675 g/mol. The second-order valence-corrected chi connectivity index (χ2v) is 14.0. The van der Waals surface area contributed by atoms with Gasteiger partial charge in [-0.15, -0.1) is 0 Å². The lowest BCUT2D eigenvalue weighted by Crippen LogP contribution is -2.36. The molecule has 9 nitrogen and oxygen atoms in total. The van der Waals surface area contributed by atoms with Crippen molar-refractivity contribution in [2.24, 2.45) is 0 Å². The number of ether oxygens (including phenoxy) is 1. The lowest BCUT2D eigenvalue weighted by molar-refractivity contribution is 0.122. The quantitative estimate of drug-likeness (QED) is 0.225. The van der Waals surface area contributed by atoms with Crippen molar-refractivity contribution in [1.82, 2.24) is 18.4 Å². The van der Waals surface area contributed by atoms with Crippen molar-refractivity contribution >= 4 is 42.7 Å². The van der Waals surface area contributed by atoms with Crippen LogP contribution in [0.3, 0.4) is 0 Å². The van der Waals surface area contributed by atoms with Crippen LogP contribution < -0.4 is 10.5 Å². The van der Waals surface area contributed by atoms with Gasteiger partial charge in [0.25, 0.3) is 15.6 Å². The van der Waals surface area contributed by atoms with Crippen LogP contribution in [0.2, 0.25) is 0 Å². The molecule has 1 aliphatic heterocycles. The Balaban J connectivity index is 1.50. The van der Waals surface area contributed by atoms with Crippen LogP contribution in [0.5, 0.6) is 0 Å². The molecule has 3 aromatic heterocycles. The summed E-state index contributed by atoms with van der Waals surface area (Å²) in [5.74, 6) is 0. The van der Waals surface area contributed by atoms with Crippen LogP contribution in [0, 0.1) is 6.92 Å². The van der Waals surface area contributed by atoms with Crippen molar-refractivity contribution < 1.29 is 13.2 Å². The molecular weight excluding hydrogens is 642 g/mol. The van der Waals surface area contributed by atoms with Gasteiger partial charge in [-0.3, -0.25) is 4.79 Å². The Morgan fingerprint density at radius 3 is 2.45 bits per heavy atom. The van der Waals surface area contributed by atoms with Crippen LogP contribution >= 0.6 is 15.9 Å². The predicted octanol–water partition coefficient (Wildman–Crippen LogP) is 5.16. The minimum Gasteiger partial charge on any atom is -0.378 e. The van der Waals surface area contributed by atoms with Crippen molar-refractivity contribution in [2.75, 3.05) is 51.8 Å². The van der Waals surface area contributed by atoms with Crippen LogP contribution in [0.4, 0.5) is 5.69 Å². The topological polar surface area (TPSA) is 89.7 Å². The van der Waals surface area contributed by atoms with Gasteiger partial charge in [0.2, 0.25) is 0 Å². The summed E-state index contributed by atoms with van der Waals surface area (Å²) in [5, 5.41) is 0.652. The second-order valence-electron chi connectivity index (χ2n) is 11.3. The summed E-state index contributed by atoms with van der Waals surface area (Å²) in [5.41, 5.74) is 4.20. The molecule has 1 unspecified atom stereocenters. The molecule has 1 aliphatic rings. The number of nitrogens with zero attached hydrogens (tertiary/aromatic N) is 5. The Labute approximate surface area is 265 Å². The second kappa shape index (κ2) is 12.3. The number of hydrogen-bond acceptors (Lipinski definition) is 7. The molecule has 0 aliphatic carbocycles. The summed E-state index contributed by atoms with van der Waals surface area (Å²) in [6.45, 7) is 5.18. The molecule has 1 atom stereocenters. The van der Waals surface area contributed by atoms with Gasteiger partial charge in [0.1, 0.15) is 0 Å². The van der Waals surface area contributed by atoms with Gasteiger partial charge in [0.15, 0.2) is 5.65 Å². The van der Waals surface area contributed by atoms with Crippen molar-refractivity contribution in [3.63, 3.8) is 0 Å². The summed E-state index contributed by atoms with van der Waals surface area (Å²) in [7, 11) is -0.00737. The van der Waals surface area contributed by atoms with E-state index in [1.54, 1.807) is 53.5 Å².